The molecule has 1 spiro atoms. The molecule has 2 saturated carbocycles. The molecule has 6 heteroatoms. The van der Waals surface area contributed by atoms with E-state index in [1.54, 1.807) is 18.2 Å². The third kappa shape index (κ3) is 3.08. The van der Waals surface area contributed by atoms with Gasteiger partial charge in [-0.2, -0.15) is 0 Å². The van der Waals surface area contributed by atoms with Crippen molar-refractivity contribution in [1.29, 1.82) is 0 Å². The van der Waals surface area contributed by atoms with Crippen molar-refractivity contribution in [2.75, 3.05) is 16.8 Å². The normalized spacial score (nSPS) is 31.2. The van der Waals surface area contributed by atoms with Crippen LogP contribution in [0, 0.1) is 17.8 Å². The number of carbonyl (C=O) groups is 1. The fourth-order valence-corrected chi connectivity index (χ4v) is 9.04. The van der Waals surface area contributed by atoms with Gasteiger partial charge in [-0.1, -0.05) is 29.6 Å². The molecule has 1 aromatic rings. The van der Waals surface area contributed by atoms with Crippen molar-refractivity contribution < 1.29 is 4.79 Å². The summed E-state index contributed by atoms with van der Waals surface area (Å²) in [5.74, 6) is 4.14. The van der Waals surface area contributed by atoms with Crippen LogP contribution in [-0.4, -0.2) is 21.5 Å². The standard InChI is InChI=1S/C18H21Cl2NOS2/c19-14-4-5-16(15(20)10-14)21-17(22)11-8-12-2-1-3-13(9-11)18(12)23-6-7-24-18/h4-5,10-13H,1-3,6-9H2,(H,21,22). The zero-order chi connectivity index (χ0) is 16.7. The van der Waals surface area contributed by atoms with E-state index in [0.717, 1.165) is 12.8 Å². The largest absolute Gasteiger partial charge is 0.325 e. The third-order valence-electron chi connectivity index (χ3n) is 5.68. The molecule has 1 aromatic carbocycles. The molecule has 2 unspecified atom stereocenters. The van der Waals surface area contributed by atoms with Gasteiger partial charge in [0.2, 0.25) is 5.91 Å². The summed E-state index contributed by atoms with van der Waals surface area (Å²) < 4.78 is 0.410. The molecule has 1 aliphatic heterocycles. The Morgan fingerprint density at radius 2 is 1.79 bits per heavy atom. The summed E-state index contributed by atoms with van der Waals surface area (Å²) in [5.41, 5.74) is 0.668. The van der Waals surface area contributed by atoms with Crippen LogP contribution >= 0.6 is 46.7 Å². The van der Waals surface area contributed by atoms with Crippen molar-refractivity contribution in [3.63, 3.8) is 0 Å². The van der Waals surface area contributed by atoms with E-state index in [2.05, 4.69) is 28.8 Å². The Kier molecular flexibility index (Phi) is 5.03. The van der Waals surface area contributed by atoms with E-state index in [-0.39, 0.29) is 11.8 Å². The second kappa shape index (κ2) is 6.94. The average molecular weight is 402 g/mol. The molecule has 1 N–H and O–H groups in total. The highest BCUT2D eigenvalue weighted by Crippen LogP contribution is 2.64. The van der Waals surface area contributed by atoms with Gasteiger partial charge in [0.05, 0.1) is 14.8 Å². The van der Waals surface area contributed by atoms with Crippen molar-refractivity contribution in [1.82, 2.24) is 0 Å². The second-order valence-electron chi connectivity index (χ2n) is 7.02. The summed E-state index contributed by atoms with van der Waals surface area (Å²) in [5, 5.41) is 4.12. The van der Waals surface area contributed by atoms with Gasteiger partial charge in [-0.25, -0.2) is 0 Å². The topological polar surface area (TPSA) is 29.1 Å². The van der Waals surface area contributed by atoms with E-state index in [1.807, 2.05) is 0 Å². The summed E-state index contributed by atoms with van der Waals surface area (Å²) in [6, 6.07) is 5.23. The minimum atomic E-state index is 0.111. The first kappa shape index (κ1) is 17.4. The quantitative estimate of drug-likeness (QED) is 0.664. The van der Waals surface area contributed by atoms with Crippen LogP contribution in [0.3, 0.4) is 0 Å². The maximum Gasteiger partial charge on any atom is 0.227 e. The Labute approximate surface area is 161 Å². The number of amides is 1. The van der Waals surface area contributed by atoms with Gasteiger partial charge in [-0.15, -0.1) is 23.5 Å². The zero-order valence-electron chi connectivity index (χ0n) is 13.4. The lowest BCUT2D eigenvalue weighted by molar-refractivity contribution is -0.122. The lowest BCUT2D eigenvalue weighted by Gasteiger charge is -2.52. The van der Waals surface area contributed by atoms with E-state index in [9.17, 15) is 4.79 Å². The Morgan fingerprint density at radius 3 is 2.42 bits per heavy atom. The van der Waals surface area contributed by atoms with Gasteiger partial charge in [0.25, 0.3) is 0 Å². The molecule has 130 valence electrons. The van der Waals surface area contributed by atoms with Crippen LogP contribution < -0.4 is 5.32 Å². The first-order valence-electron chi connectivity index (χ1n) is 8.62. The Morgan fingerprint density at radius 1 is 1.12 bits per heavy atom. The number of thioether (sulfide) groups is 2. The molecular weight excluding hydrogens is 381 g/mol. The van der Waals surface area contributed by atoms with Gasteiger partial charge in [0.15, 0.2) is 0 Å². The van der Waals surface area contributed by atoms with Crippen LogP contribution in [0.5, 0.6) is 0 Å². The van der Waals surface area contributed by atoms with Crippen molar-refractivity contribution >= 4 is 58.3 Å². The number of benzene rings is 1. The molecule has 3 fully saturated rings. The lowest BCUT2D eigenvalue weighted by atomic mass is 9.67. The lowest BCUT2D eigenvalue weighted by Crippen LogP contribution is -2.48. The van der Waals surface area contributed by atoms with E-state index >= 15 is 0 Å². The van der Waals surface area contributed by atoms with E-state index in [4.69, 9.17) is 23.2 Å². The molecule has 0 aromatic heterocycles. The fraction of sp³-hybridized carbons (Fsp3) is 0.611. The number of hydrogen-bond donors (Lipinski definition) is 1. The number of carbonyl (C=O) groups excluding carboxylic acids is 1. The van der Waals surface area contributed by atoms with Crippen molar-refractivity contribution in [3.05, 3.63) is 28.2 Å². The summed E-state index contributed by atoms with van der Waals surface area (Å²) in [6.07, 6.45) is 5.93. The summed E-state index contributed by atoms with van der Waals surface area (Å²) in [4.78, 5) is 12.8. The maximum atomic E-state index is 12.8. The highest BCUT2D eigenvalue weighted by atomic mass is 35.5. The molecule has 1 amide bonds. The van der Waals surface area contributed by atoms with Crippen molar-refractivity contribution in [2.45, 2.75) is 36.2 Å². The highest BCUT2D eigenvalue weighted by molar-refractivity contribution is 8.21. The van der Waals surface area contributed by atoms with E-state index in [1.165, 1.54) is 30.8 Å². The highest BCUT2D eigenvalue weighted by Gasteiger charge is 2.55. The molecule has 3 aliphatic rings. The van der Waals surface area contributed by atoms with E-state index < -0.39 is 0 Å². The van der Waals surface area contributed by atoms with Gasteiger partial charge in [0, 0.05) is 22.4 Å². The minimum Gasteiger partial charge on any atom is -0.325 e. The minimum absolute atomic E-state index is 0.111. The fourth-order valence-electron chi connectivity index (χ4n) is 4.65. The molecule has 2 aliphatic carbocycles. The Bertz CT molecular complexity index is 632. The Balaban J connectivity index is 1.48. The smallest absolute Gasteiger partial charge is 0.227 e. The zero-order valence-corrected chi connectivity index (χ0v) is 16.5. The van der Waals surface area contributed by atoms with Crippen molar-refractivity contribution in [3.8, 4) is 0 Å². The van der Waals surface area contributed by atoms with Gasteiger partial charge in [0.1, 0.15) is 0 Å². The first-order chi connectivity index (χ1) is 11.6. The second-order valence-corrected chi connectivity index (χ2v) is 10.9. The van der Waals surface area contributed by atoms with Gasteiger partial charge in [-0.05, 0) is 55.7 Å². The predicted molar refractivity (Wildman–Crippen MR) is 106 cm³/mol. The molecule has 2 atom stereocenters. The van der Waals surface area contributed by atoms with Crippen LogP contribution in [0.25, 0.3) is 0 Å². The van der Waals surface area contributed by atoms with Gasteiger partial charge >= 0.3 is 0 Å². The summed E-state index contributed by atoms with van der Waals surface area (Å²) in [6.45, 7) is 0. The molecule has 4 rings (SSSR count). The number of hydrogen-bond acceptors (Lipinski definition) is 3. The number of rotatable bonds is 2. The van der Waals surface area contributed by atoms with Crippen LogP contribution in [0.2, 0.25) is 10.0 Å². The first-order valence-corrected chi connectivity index (χ1v) is 11.3. The molecule has 2 nitrogen and oxygen atoms in total. The summed E-state index contributed by atoms with van der Waals surface area (Å²) in [7, 11) is 0. The molecule has 24 heavy (non-hydrogen) atoms. The average Bonchev–Trinajstić information content (AvgIpc) is 2.99. The van der Waals surface area contributed by atoms with Crippen LogP contribution in [0.4, 0.5) is 5.69 Å². The summed E-state index contributed by atoms with van der Waals surface area (Å²) >= 11 is 16.5. The van der Waals surface area contributed by atoms with Crippen LogP contribution in [-0.2, 0) is 4.79 Å². The SMILES string of the molecule is O=C(Nc1ccc(Cl)cc1Cl)C1CC2CCCC(C1)C21SCCS1. The number of anilines is 1. The van der Waals surface area contributed by atoms with Gasteiger partial charge < -0.3 is 5.32 Å². The van der Waals surface area contributed by atoms with Crippen LogP contribution in [0.1, 0.15) is 32.1 Å². The van der Waals surface area contributed by atoms with Crippen LogP contribution in [0.15, 0.2) is 18.2 Å². The maximum absolute atomic E-state index is 12.8. The number of nitrogens with one attached hydrogen (secondary N) is 1. The molecule has 1 heterocycles. The van der Waals surface area contributed by atoms with E-state index in [0.29, 0.717) is 31.6 Å². The molecular formula is C18H21Cl2NOS2. The molecule has 1 saturated heterocycles. The molecule has 0 radical (unpaired) electrons. The molecule has 2 bridgehead atoms. The predicted octanol–water partition coefficient (Wildman–Crippen LogP) is 5.93. The Hall–Kier alpha value is -0.0300. The monoisotopic (exact) mass is 401 g/mol. The number of halogens is 2. The van der Waals surface area contributed by atoms with Gasteiger partial charge in [-0.3, -0.25) is 4.79 Å². The van der Waals surface area contributed by atoms with Crippen molar-refractivity contribution in [2.24, 2.45) is 17.8 Å². The third-order valence-corrected chi connectivity index (χ3v) is 10.2.